The zero-order valence-corrected chi connectivity index (χ0v) is 18.1. The van der Waals surface area contributed by atoms with E-state index in [1.54, 1.807) is 0 Å². The van der Waals surface area contributed by atoms with Crippen LogP contribution in [0.3, 0.4) is 0 Å². The summed E-state index contributed by atoms with van der Waals surface area (Å²) in [6.07, 6.45) is -0.940. The molecule has 0 amide bonds. The molecule has 0 aromatic heterocycles. The molecule has 98 valence electrons. The Morgan fingerprint density at radius 2 is 1.29 bits per heavy atom. The van der Waals surface area contributed by atoms with E-state index in [1.807, 2.05) is 0 Å². The Kier molecular flexibility index (Phi) is 23.5. The van der Waals surface area contributed by atoms with Gasteiger partial charge in [-0.15, -0.1) is 0 Å². The summed E-state index contributed by atoms with van der Waals surface area (Å²) >= 11 is 0. The first kappa shape index (κ1) is 29.4. The van der Waals surface area contributed by atoms with E-state index in [0.29, 0.717) is 0 Å². The molecule has 1 rings (SSSR count). The van der Waals surface area contributed by atoms with Gasteiger partial charge in [0.1, 0.15) is 0 Å². The van der Waals surface area contributed by atoms with Crippen molar-refractivity contribution in [3.63, 3.8) is 0 Å². The van der Waals surface area contributed by atoms with Crippen molar-refractivity contribution in [2.24, 2.45) is 0 Å². The van der Waals surface area contributed by atoms with E-state index in [0.717, 1.165) is 0 Å². The number of carbonyl (C=O) groups excluding carboxylic acids is 2. The molecule has 0 saturated carbocycles. The summed E-state index contributed by atoms with van der Waals surface area (Å²) in [6, 6.07) is 5.54. The zero-order chi connectivity index (χ0) is 14.1. The van der Waals surface area contributed by atoms with Crippen molar-refractivity contribution in [3.05, 3.63) is 29.8 Å². The fourth-order valence-corrected chi connectivity index (χ4v) is 0.847. The molecule has 1 N–H and O–H groups in total. The maximum absolute atomic E-state index is 10.7. The second-order valence-corrected chi connectivity index (χ2v) is 3.05. The van der Waals surface area contributed by atoms with Crippen LogP contribution in [0, 0.1) is 0 Å². The molecule has 0 spiro atoms. The summed E-state index contributed by atoms with van der Waals surface area (Å²) in [4.78, 5) is 29.2. The van der Waals surface area contributed by atoms with Crippen LogP contribution in [0.25, 0.3) is 0 Å². The minimum Gasteiger partial charge on any atom is -0.872 e. The summed E-state index contributed by atoms with van der Waals surface area (Å²) in [5, 5.41) is 38.0. The molecule has 1 aromatic carbocycles. The minimum absolute atomic E-state index is 0. The number of carboxylic acid groups (broad SMARTS) is 3. The van der Waals surface area contributed by atoms with E-state index in [-0.39, 0.29) is 94.2 Å². The molecule has 10 heteroatoms. The predicted octanol–water partition coefficient (Wildman–Crippen LogP) is -11.3. The van der Waals surface area contributed by atoms with Crippen LogP contribution in [0.4, 0.5) is 0 Å². The molecule has 0 bridgehead atoms. The smallest absolute Gasteiger partial charge is 0.872 e. The van der Waals surface area contributed by atoms with E-state index in [1.165, 1.54) is 24.3 Å². The summed E-state index contributed by atoms with van der Waals surface area (Å²) in [6.45, 7) is 0. The van der Waals surface area contributed by atoms with Crippen molar-refractivity contribution >= 4 is 17.9 Å². The number of carbonyl (C=O) groups is 3. The average molecular weight is 322 g/mol. The Labute approximate surface area is 187 Å². The quantitative estimate of drug-likeness (QED) is 0.543. The molecule has 0 heterocycles. The predicted molar refractivity (Wildman–Crippen MR) is 52.1 cm³/mol. The SMILES string of the molecule is O=C(O)c1ccccc1[O-].O=C([O-])CCC(=O)[O-].[Na+].[Na+].[Na+]. The molecule has 1 aromatic rings. The number of aliphatic carboxylic acids is 2. The van der Waals surface area contributed by atoms with E-state index in [4.69, 9.17) is 5.11 Å². The van der Waals surface area contributed by atoms with Crippen molar-refractivity contribution < 1.29 is 123 Å². The Hall–Kier alpha value is 0.430. The number of aromatic carboxylic acids is 1. The van der Waals surface area contributed by atoms with Crippen LogP contribution in [0.15, 0.2) is 24.3 Å². The topological polar surface area (TPSA) is 141 Å². The molecular weight excluding hydrogens is 313 g/mol. The normalized spacial score (nSPS) is 7.62. The van der Waals surface area contributed by atoms with E-state index >= 15 is 0 Å². The van der Waals surface area contributed by atoms with Gasteiger partial charge in [0.15, 0.2) is 0 Å². The Bertz CT molecular complexity index is 437. The monoisotopic (exact) mass is 322 g/mol. The zero-order valence-electron chi connectivity index (χ0n) is 12.1. The van der Waals surface area contributed by atoms with Gasteiger partial charge in [-0.25, -0.2) is 4.79 Å². The van der Waals surface area contributed by atoms with Crippen LogP contribution >= 0.6 is 0 Å². The van der Waals surface area contributed by atoms with Gasteiger partial charge in [-0.05, 0) is 18.9 Å². The van der Waals surface area contributed by atoms with Gasteiger partial charge >= 0.3 is 94.6 Å². The second-order valence-electron chi connectivity index (χ2n) is 3.05. The fraction of sp³-hybridized carbons (Fsp3) is 0.182. The molecule has 0 aliphatic rings. The molecule has 7 nitrogen and oxygen atoms in total. The van der Waals surface area contributed by atoms with Crippen molar-refractivity contribution in [1.82, 2.24) is 0 Å². The first-order valence-electron chi connectivity index (χ1n) is 4.73. The number of hydrogen-bond donors (Lipinski definition) is 1. The van der Waals surface area contributed by atoms with Crippen LogP contribution in [0.1, 0.15) is 23.2 Å². The van der Waals surface area contributed by atoms with Gasteiger partial charge in [-0.1, -0.05) is 23.9 Å². The Balaban J connectivity index is -0.000000123. The van der Waals surface area contributed by atoms with E-state index in [2.05, 4.69) is 0 Å². The van der Waals surface area contributed by atoms with E-state index < -0.39 is 36.5 Å². The summed E-state index contributed by atoms with van der Waals surface area (Å²) in [5.74, 6) is -4.36. The van der Waals surface area contributed by atoms with Crippen molar-refractivity contribution in [3.8, 4) is 5.75 Å². The second kappa shape index (κ2) is 16.8. The van der Waals surface area contributed by atoms with Gasteiger partial charge in [0.2, 0.25) is 0 Å². The molecule has 0 saturated heterocycles. The molecule has 21 heavy (non-hydrogen) atoms. The van der Waals surface area contributed by atoms with Crippen LogP contribution in [-0.2, 0) is 9.59 Å². The molecule has 0 fully saturated rings. The Morgan fingerprint density at radius 1 is 0.905 bits per heavy atom. The molecule has 0 radical (unpaired) electrons. The van der Waals surface area contributed by atoms with E-state index in [9.17, 15) is 29.7 Å². The third-order valence-electron chi connectivity index (χ3n) is 1.65. The summed E-state index contributed by atoms with van der Waals surface area (Å²) < 4.78 is 0. The molecule has 0 atom stereocenters. The van der Waals surface area contributed by atoms with Crippen LogP contribution in [0.5, 0.6) is 5.75 Å². The number of hydrogen-bond acceptors (Lipinski definition) is 6. The minimum atomic E-state index is -1.37. The fourth-order valence-electron chi connectivity index (χ4n) is 0.847. The summed E-state index contributed by atoms with van der Waals surface area (Å²) in [7, 11) is 0. The third-order valence-corrected chi connectivity index (χ3v) is 1.65. The maximum Gasteiger partial charge on any atom is 1.00 e. The maximum atomic E-state index is 10.7. The van der Waals surface area contributed by atoms with Crippen LogP contribution in [0.2, 0.25) is 0 Å². The number of benzene rings is 1. The largest absolute Gasteiger partial charge is 1.00 e. The van der Waals surface area contributed by atoms with Crippen molar-refractivity contribution in [2.75, 3.05) is 0 Å². The first-order valence-corrected chi connectivity index (χ1v) is 4.73. The van der Waals surface area contributed by atoms with Gasteiger partial charge in [-0.3, -0.25) is 0 Å². The van der Waals surface area contributed by atoms with Crippen LogP contribution < -0.4 is 104 Å². The number of rotatable bonds is 4. The van der Waals surface area contributed by atoms with Crippen LogP contribution in [-0.4, -0.2) is 23.0 Å². The van der Waals surface area contributed by atoms with Crippen molar-refractivity contribution in [1.29, 1.82) is 0 Å². The summed E-state index contributed by atoms with van der Waals surface area (Å²) in [5.41, 5.74) is -0.178. The van der Waals surface area contributed by atoms with Crippen molar-refractivity contribution in [2.45, 2.75) is 12.8 Å². The molecule has 0 aliphatic heterocycles. The van der Waals surface area contributed by atoms with Gasteiger partial charge in [0, 0.05) is 11.9 Å². The Morgan fingerprint density at radius 3 is 1.52 bits per heavy atom. The molecule has 0 aliphatic carbocycles. The van der Waals surface area contributed by atoms with Gasteiger partial charge < -0.3 is 30.0 Å². The van der Waals surface area contributed by atoms with Gasteiger partial charge in [-0.2, -0.15) is 0 Å². The molecular formula is C11H9Na3O7. The molecule has 0 unspecified atom stereocenters. The first-order chi connectivity index (χ1) is 8.34. The average Bonchev–Trinajstić information content (AvgIpc) is 2.27. The third kappa shape index (κ3) is 16.6. The van der Waals surface area contributed by atoms with Gasteiger partial charge in [0.05, 0.1) is 5.56 Å². The number of carboxylic acids is 3. The number of para-hydroxylation sites is 1. The standard InChI is InChI=1S/C7H6O3.C4H6O4.3Na/c8-6-4-2-1-3-5(6)7(9)10;5-3(6)1-2-4(7)8;;;/h1-4,8H,(H,9,10);1-2H2,(H,5,6)(H,7,8);;;/q;;3*+1/p-3. The van der Waals surface area contributed by atoms with Gasteiger partial charge in [0.25, 0.3) is 0 Å².